The van der Waals surface area contributed by atoms with Crippen molar-refractivity contribution in [3.8, 4) is 23.2 Å². The summed E-state index contributed by atoms with van der Waals surface area (Å²) in [5.74, 6) is 1.45. The Hall–Kier alpha value is -3.74. The van der Waals surface area contributed by atoms with Crippen LogP contribution in [-0.2, 0) is 11.3 Å². The van der Waals surface area contributed by atoms with Crippen molar-refractivity contribution < 1.29 is 14.6 Å². The monoisotopic (exact) mass is 474 g/mol. The Kier molecular flexibility index (Phi) is 7.75. The number of aryl methyl sites for hydroxylation is 2. The van der Waals surface area contributed by atoms with Crippen LogP contribution in [0.15, 0.2) is 30.5 Å². The first-order valence-corrected chi connectivity index (χ1v) is 11.7. The number of aromatic nitrogens is 3. The van der Waals surface area contributed by atoms with Crippen LogP contribution in [0.3, 0.4) is 0 Å². The second kappa shape index (κ2) is 11.1. The van der Waals surface area contributed by atoms with Gasteiger partial charge in [-0.25, -0.2) is 15.0 Å². The zero-order chi connectivity index (χ0) is 24.8. The summed E-state index contributed by atoms with van der Waals surface area (Å²) in [6.07, 6.45) is 2.57. The van der Waals surface area contributed by atoms with Gasteiger partial charge in [-0.15, -0.1) is 0 Å². The van der Waals surface area contributed by atoms with Crippen molar-refractivity contribution in [1.29, 1.82) is 5.26 Å². The molecule has 0 saturated carbocycles. The highest BCUT2D eigenvalue weighted by Crippen LogP contribution is 2.30. The van der Waals surface area contributed by atoms with Crippen molar-refractivity contribution in [1.82, 2.24) is 15.0 Å². The van der Waals surface area contributed by atoms with Gasteiger partial charge in [0.05, 0.1) is 54.8 Å². The van der Waals surface area contributed by atoms with Crippen LogP contribution in [0.2, 0.25) is 0 Å². The molecule has 3 heterocycles. The number of aliphatic hydroxyl groups excluding tert-OH is 1. The molecule has 35 heavy (non-hydrogen) atoms. The van der Waals surface area contributed by atoms with E-state index in [1.165, 1.54) is 0 Å². The number of aliphatic hydroxyl groups is 1. The molecule has 4 rings (SSSR count). The second-order valence-corrected chi connectivity index (χ2v) is 8.60. The van der Waals surface area contributed by atoms with Gasteiger partial charge in [-0.2, -0.15) is 5.26 Å². The van der Waals surface area contributed by atoms with E-state index in [0.29, 0.717) is 53.4 Å². The third-order valence-corrected chi connectivity index (χ3v) is 5.78. The number of ether oxygens (including phenoxy) is 2. The lowest BCUT2D eigenvalue weighted by Gasteiger charge is -2.25. The zero-order valence-electron chi connectivity index (χ0n) is 20.3. The molecule has 1 fully saturated rings. The van der Waals surface area contributed by atoms with Crippen molar-refractivity contribution in [3.05, 3.63) is 52.8 Å². The number of pyridine rings is 1. The second-order valence-electron chi connectivity index (χ2n) is 8.60. The van der Waals surface area contributed by atoms with Gasteiger partial charge in [0.1, 0.15) is 6.07 Å². The quantitative estimate of drug-likeness (QED) is 0.398. The molecule has 3 aromatic rings. The van der Waals surface area contributed by atoms with Gasteiger partial charge in [0, 0.05) is 35.3 Å². The first-order chi connectivity index (χ1) is 17.0. The summed E-state index contributed by atoms with van der Waals surface area (Å²) >= 11 is 0. The molecule has 1 aromatic carbocycles. The van der Waals surface area contributed by atoms with Gasteiger partial charge in [0.2, 0.25) is 11.8 Å². The van der Waals surface area contributed by atoms with Crippen LogP contribution in [0.5, 0.6) is 5.88 Å². The smallest absolute Gasteiger partial charge is 0.227 e. The number of nitrogens with zero attached hydrogens (tertiary/aromatic N) is 4. The maximum Gasteiger partial charge on any atom is 0.227 e. The van der Waals surface area contributed by atoms with Crippen LogP contribution in [0.1, 0.15) is 35.7 Å². The molecule has 9 heteroatoms. The Bertz CT molecular complexity index is 1240. The van der Waals surface area contributed by atoms with E-state index >= 15 is 0 Å². The zero-order valence-corrected chi connectivity index (χ0v) is 20.3. The molecule has 182 valence electrons. The molecular formula is C26H30N6O3. The highest BCUT2D eigenvalue weighted by molar-refractivity contribution is 5.73. The number of anilines is 3. The Balaban J connectivity index is 1.57. The van der Waals surface area contributed by atoms with Crippen LogP contribution >= 0.6 is 0 Å². The van der Waals surface area contributed by atoms with Crippen LogP contribution < -0.4 is 15.4 Å². The van der Waals surface area contributed by atoms with E-state index in [2.05, 4.69) is 31.7 Å². The van der Waals surface area contributed by atoms with Gasteiger partial charge in [-0.3, -0.25) is 0 Å². The molecule has 0 radical (unpaired) electrons. The van der Waals surface area contributed by atoms with Gasteiger partial charge in [0.15, 0.2) is 0 Å². The molecule has 9 nitrogen and oxygen atoms in total. The van der Waals surface area contributed by atoms with Gasteiger partial charge in [0.25, 0.3) is 0 Å². The average Bonchev–Trinajstić information content (AvgIpc) is 2.84. The summed E-state index contributed by atoms with van der Waals surface area (Å²) < 4.78 is 11.1. The first kappa shape index (κ1) is 24.4. The highest BCUT2D eigenvalue weighted by atomic mass is 16.5. The van der Waals surface area contributed by atoms with Crippen LogP contribution in [0, 0.1) is 31.1 Å². The number of hydrogen-bond acceptors (Lipinski definition) is 9. The Morgan fingerprint density at radius 1 is 1.23 bits per heavy atom. The summed E-state index contributed by atoms with van der Waals surface area (Å²) in [6, 6.07) is 9.60. The van der Waals surface area contributed by atoms with E-state index in [9.17, 15) is 10.4 Å². The Labute approximate surface area is 205 Å². The minimum Gasteiger partial charge on any atom is -0.477 e. The van der Waals surface area contributed by atoms with E-state index in [-0.39, 0.29) is 6.61 Å². The molecule has 3 N–H and O–H groups in total. The van der Waals surface area contributed by atoms with E-state index in [0.717, 1.165) is 42.1 Å². The maximum absolute atomic E-state index is 9.91. The standard InChI is InChI=1S/C26H30N6O3/c1-4-6-28-24-20(11-27)9-19(10-21(24)12-33)22-5-7-29-26(31-22)32-23-8-16(2)25(30-17(23)3)35-15-18-13-34-14-18/h5,7-10,18,28,33H,4,6,12-15H2,1-3H3,(H,29,31,32). The van der Waals surface area contributed by atoms with Crippen molar-refractivity contribution in [2.45, 2.75) is 33.8 Å². The predicted octanol–water partition coefficient (Wildman–Crippen LogP) is 4.11. The van der Waals surface area contributed by atoms with Gasteiger partial charge >= 0.3 is 0 Å². The Morgan fingerprint density at radius 3 is 2.74 bits per heavy atom. The summed E-state index contributed by atoms with van der Waals surface area (Å²) in [5.41, 5.74) is 5.62. The van der Waals surface area contributed by atoms with Crippen LogP contribution in [0.25, 0.3) is 11.3 Å². The van der Waals surface area contributed by atoms with Gasteiger partial charge in [-0.05, 0) is 44.5 Å². The van der Waals surface area contributed by atoms with E-state index in [1.54, 1.807) is 18.3 Å². The molecule has 1 saturated heterocycles. The van der Waals surface area contributed by atoms with E-state index in [1.807, 2.05) is 32.9 Å². The molecule has 0 atom stereocenters. The fourth-order valence-electron chi connectivity index (χ4n) is 3.76. The van der Waals surface area contributed by atoms with E-state index in [4.69, 9.17) is 9.47 Å². The number of rotatable bonds is 10. The molecule has 0 amide bonds. The lowest BCUT2D eigenvalue weighted by atomic mass is 10.0. The Morgan fingerprint density at radius 2 is 2.06 bits per heavy atom. The van der Waals surface area contributed by atoms with Crippen molar-refractivity contribution in [2.24, 2.45) is 5.92 Å². The lowest BCUT2D eigenvalue weighted by molar-refractivity contribution is -0.0515. The average molecular weight is 475 g/mol. The van der Waals surface area contributed by atoms with Crippen molar-refractivity contribution in [2.75, 3.05) is 37.0 Å². The maximum atomic E-state index is 9.91. The summed E-state index contributed by atoms with van der Waals surface area (Å²) in [6.45, 7) is 8.50. The molecule has 2 aromatic heterocycles. The minimum atomic E-state index is -0.183. The number of benzene rings is 1. The molecule has 0 spiro atoms. The highest BCUT2D eigenvalue weighted by Gasteiger charge is 2.20. The third kappa shape index (κ3) is 5.67. The molecule has 1 aliphatic heterocycles. The predicted molar refractivity (Wildman–Crippen MR) is 134 cm³/mol. The molecule has 1 aliphatic rings. The van der Waals surface area contributed by atoms with Gasteiger partial charge < -0.3 is 25.2 Å². The third-order valence-electron chi connectivity index (χ3n) is 5.78. The van der Waals surface area contributed by atoms with Crippen LogP contribution in [-0.4, -0.2) is 46.4 Å². The van der Waals surface area contributed by atoms with E-state index < -0.39 is 0 Å². The SMILES string of the molecule is CCCNc1c(C#N)cc(-c2ccnc(Nc3cc(C)c(OCC4COC4)nc3C)n2)cc1CO. The number of hydrogen-bond donors (Lipinski definition) is 3. The molecule has 0 bridgehead atoms. The fraction of sp³-hybridized carbons (Fsp3) is 0.385. The summed E-state index contributed by atoms with van der Waals surface area (Å²) in [7, 11) is 0. The topological polar surface area (TPSA) is 125 Å². The van der Waals surface area contributed by atoms with Crippen molar-refractivity contribution in [3.63, 3.8) is 0 Å². The largest absolute Gasteiger partial charge is 0.477 e. The van der Waals surface area contributed by atoms with Gasteiger partial charge in [-0.1, -0.05) is 6.92 Å². The fourth-order valence-corrected chi connectivity index (χ4v) is 3.76. The lowest BCUT2D eigenvalue weighted by Crippen LogP contribution is -2.32. The normalized spacial score (nSPS) is 13.1. The molecule has 0 unspecified atom stereocenters. The number of nitriles is 1. The molecular weight excluding hydrogens is 444 g/mol. The number of nitrogens with one attached hydrogen (secondary N) is 2. The first-order valence-electron chi connectivity index (χ1n) is 11.7. The minimum absolute atomic E-state index is 0.183. The summed E-state index contributed by atoms with van der Waals surface area (Å²) in [4.78, 5) is 13.6. The summed E-state index contributed by atoms with van der Waals surface area (Å²) in [5, 5.41) is 26.1. The van der Waals surface area contributed by atoms with Crippen molar-refractivity contribution >= 4 is 17.3 Å². The molecule has 0 aliphatic carbocycles. The van der Waals surface area contributed by atoms with Crippen LogP contribution in [0.4, 0.5) is 17.3 Å².